The van der Waals surface area contributed by atoms with Gasteiger partial charge in [0.25, 0.3) is 0 Å². The molecule has 1 aromatic carbocycles. The molecule has 0 fully saturated rings. The fraction of sp³-hybridized carbons (Fsp3) is 0.105. The number of aromatic nitrogens is 1. The highest BCUT2D eigenvalue weighted by Crippen LogP contribution is 2.39. The molecule has 2 heterocycles. The Bertz CT molecular complexity index is 852. The number of thiophene rings is 1. The molecule has 0 saturated carbocycles. The molecule has 4 rings (SSSR count). The van der Waals surface area contributed by atoms with E-state index in [1.54, 1.807) is 11.3 Å². The molecule has 1 aliphatic rings. The summed E-state index contributed by atoms with van der Waals surface area (Å²) in [5, 5.41) is 3.90. The first-order chi connectivity index (χ1) is 10.8. The second-order valence-corrected chi connectivity index (χ2v) is 6.77. The number of fused-ring (bicyclic) bond motifs is 1. The molecule has 1 aliphatic carbocycles. The second kappa shape index (κ2) is 5.71. The van der Waals surface area contributed by atoms with Crippen molar-refractivity contribution in [2.75, 3.05) is 0 Å². The standard InChI is InChI=1S/C19H14ClNS/c20-15-12-17(21-16-9-4-3-8-14(15)16)19(13-6-1-2-7-13)18-10-5-11-22-18/h1-13,19H. The van der Waals surface area contributed by atoms with E-state index in [-0.39, 0.29) is 5.92 Å². The number of halogens is 1. The molecule has 0 spiro atoms. The zero-order valence-electron chi connectivity index (χ0n) is 11.8. The minimum Gasteiger partial charge on any atom is -0.252 e. The number of hydrogen-bond donors (Lipinski definition) is 0. The molecule has 0 bridgehead atoms. The molecular weight excluding hydrogens is 310 g/mol. The number of benzene rings is 1. The molecule has 0 amide bonds. The first-order valence-corrected chi connectivity index (χ1v) is 8.52. The molecule has 1 nitrogen and oxygen atoms in total. The van der Waals surface area contributed by atoms with Crippen LogP contribution in [0.5, 0.6) is 0 Å². The van der Waals surface area contributed by atoms with Crippen LogP contribution in [0.2, 0.25) is 5.02 Å². The third-order valence-electron chi connectivity index (χ3n) is 4.02. The van der Waals surface area contributed by atoms with Gasteiger partial charge in [0.1, 0.15) is 0 Å². The molecule has 0 radical (unpaired) electrons. The highest BCUT2D eigenvalue weighted by molar-refractivity contribution is 7.10. The lowest BCUT2D eigenvalue weighted by Gasteiger charge is -2.20. The van der Waals surface area contributed by atoms with E-state index >= 15 is 0 Å². The Balaban J connectivity index is 1.89. The van der Waals surface area contributed by atoms with Crippen LogP contribution in [0, 0.1) is 5.92 Å². The van der Waals surface area contributed by atoms with Gasteiger partial charge >= 0.3 is 0 Å². The summed E-state index contributed by atoms with van der Waals surface area (Å²) in [5.74, 6) is 0.556. The van der Waals surface area contributed by atoms with Gasteiger partial charge in [-0.1, -0.05) is 60.2 Å². The van der Waals surface area contributed by atoms with Gasteiger partial charge in [-0.05, 0) is 23.6 Å². The number of pyridine rings is 1. The van der Waals surface area contributed by atoms with Crippen molar-refractivity contribution in [3.8, 4) is 0 Å². The van der Waals surface area contributed by atoms with Crippen LogP contribution in [0.1, 0.15) is 16.5 Å². The van der Waals surface area contributed by atoms with Crippen molar-refractivity contribution in [1.82, 2.24) is 4.98 Å². The summed E-state index contributed by atoms with van der Waals surface area (Å²) in [5.41, 5.74) is 1.99. The monoisotopic (exact) mass is 323 g/mol. The molecular formula is C19H14ClNS. The summed E-state index contributed by atoms with van der Waals surface area (Å²) < 4.78 is 0. The number of para-hydroxylation sites is 1. The van der Waals surface area contributed by atoms with Crippen molar-refractivity contribution in [1.29, 1.82) is 0 Å². The van der Waals surface area contributed by atoms with E-state index in [1.807, 2.05) is 30.3 Å². The normalized spacial score (nSPS) is 15.7. The fourth-order valence-electron chi connectivity index (χ4n) is 2.98. The predicted molar refractivity (Wildman–Crippen MR) is 94.7 cm³/mol. The van der Waals surface area contributed by atoms with Crippen molar-refractivity contribution < 1.29 is 0 Å². The highest BCUT2D eigenvalue weighted by Gasteiger charge is 2.25. The third kappa shape index (κ3) is 2.39. The summed E-state index contributed by atoms with van der Waals surface area (Å²) >= 11 is 8.27. The van der Waals surface area contributed by atoms with Gasteiger partial charge in [-0.3, -0.25) is 4.98 Å². The fourth-order valence-corrected chi connectivity index (χ4v) is 4.15. The molecule has 3 aromatic rings. The largest absolute Gasteiger partial charge is 0.252 e. The summed E-state index contributed by atoms with van der Waals surface area (Å²) in [6.45, 7) is 0. The van der Waals surface area contributed by atoms with Gasteiger partial charge in [-0.25, -0.2) is 0 Å². The van der Waals surface area contributed by atoms with E-state index in [9.17, 15) is 0 Å². The van der Waals surface area contributed by atoms with Crippen molar-refractivity contribution in [3.05, 3.63) is 87.7 Å². The summed E-state index contributed by atoms with van der Waals surface area (Å²) in [4.78, 5) is 6.21. The van der Waals surface area contributed by atoms with E-state index in [0.29, 0.717) is 5.92 Å². The average Bonchev–Trinajstić information content (AvgIpc) is 3.22. The summed E-state index contributed by atoms with van der Waals surface area (Å²) in [6.07, 6.45) is 8.67. The van der Waals surface area contributed by atoms with E-state index in [4.69, 9.17) is 16.6 Å². The average molecular weight is 324 g/mol. The van der Waals surface area contributed by atoms with E-state index in [0.717, 1.165) is 21.6 Å². The van der Waals surface area contributed by atoms with Gasteiger partial charge in [0.15, 0.2) is 0 Å². The number of rotatable bonds is 3. The van der Waals surface area contributed by atoms with Crippen LogP contribution < -0.4 is 0 Å². The van der Waals surface area contributed by atoms with E-state index < -0.39 is 0 Å². The Kier molecular flexibility index (Phi) is 3.57. The van der Waals surface area contributed by atoms with Crippen molar-refractivity contribution in [2.45, 2.75) is 5.92 Å². The summed E-state index contributed by atoms with van der Waals surface area (Å²) in [6, 6.07) is 14.3. The molecule has 108 valence electrons. The zero-order chi connectivity index (χ0) is 14.9. The van der Waals surface area contributed by atoms with Crippen LogP contribution in [-0.2, 0) is 0 Å². The van der Waals surface area contributed by atoms with Crippen molar-refractivity contribution in [2.24, 2.45) is 5.92 Å². The molecule has 1 atom stereocenters. The molecule has 2 aromatic heterocycles. The maximum atomic E-state index is 6.50. The first kappa shape index (κ1) is 13.7. The summed E-state index contributed by atoms with van der Waals surface area (Å²) in [7, 11) is 0. The molecule has 1 unspecified atom stereocenters. The van der Waals surface area contributed by atoms with Crippen molar-refractivity contribution >= 4 is 33.8 Å². The van der Waals surface area contributed by atoms with Gasteiger partial charge < -0.3 is 0 Å². The molecule has 0 saturated heterocycles. The third-order valence-corrected chi connectivity index (χ3v) is 5.28. The number of nitrogens with zero attached hydrogens (tertiary/aromatic N) is 1. The lowest BCUT2D eigenvalue weighted by molar-refractivity contribution is 0.686. The molecule has 3 heteroatoms. The zero-order valence-corrected chi connectivity index (χ0v) is 13.4. The Morgan fingerprint density at radius 3 is 2.64 bits per heavy atom. The van der Waals surface area contributed by atoms with Gasteiger partial charge in [0.2, 0.25) is 0 Å². The van der Waals surface area contributed by atoms with Crippen LogP contribution in [0.4, 0.5) is 0 Å². The van der Waals surface area contributed by atoms with Gasteiger partial charge in [0, 0.05) is 22.1 Å². The van der Waals surface area contributed by atoms with Crippen molar-refractivity contribution in [3.63, 3.8) is 0 Å². The Labute approximate surface area is 138 Å². The lowest BCUT2D eigenvalue weighted by Crippen LogP contribution is -2.10. The van der Waals surface area contributed by atoms with E-state index in [2.05, 4.69) is 41.8 Å². The number of hydrogen-bond acceptors (Lipinski definition) is 2. The maximum Gasteiger partial charge on any atom is 0.0720 e. The quantitative estimate of drug-likeness (QED) is 0.591. The Morgan fingerprint density at radius 1 is 1.05 bits per heavy atom. The molecule has 22 heavy (non-hydrogen) atoms. The van der Waals surface area contributed by atoms with Gasteiger partial charge in [-0.15, -0.1) is 11.3 Å². The smallest absolute Gasteiger partial charge is 0.0720 e. The SMILES string of the molecule is Clc1cc(C(c2cccs2)C2C=CC=C2)nc2ccccc12. The van der Waals surface area contributed by atoms with Crippen LogP contribution in [0.15, 0.2) is 72.1 Å². The predicted octanol–water partition coefficient (Wildman–Crippen LogP) is 5.82. The van der Waals surface area contributed by atoms with Crippen LogP contribution in [0.25, 0.3) is 10.9 Å². The minimum absolute atomic E-state index is 0.220. The van der Waals surface area contributed by atoms with Crippen LogP contribution in [0.3, 0.4) is 0 Å². The van der Waals surface area contributed by atoms with Gasteiger partial charge in [-0.2, -0.15) is 0 Å². The first-order valence-electron chi connectivity index (χ1n) is 7.26. The minimum atomic E-state index is 0.220. The Hall–Kier alpha value is -1.90. The molecule has 0 aliphatic heterocycles. The van der Waals surface area contributed by atoms with Crippen LogP contribution in [-0.4, -0.2) is 4.98 Å². The molecule has 0 N–H and O–H groups in total. The Morgan fingerprint density at radius 2 is 1.86 bits per heavy atom. The topological polar surface area (TPSA) is 12.9 Å². The van der Waals surface area contributed by atoms with E-state index in [1.165, 1.54) is 4.88 Å². The maximum absolute atomic E-state index is 6.50. The van der Waals surface area contributed by atoms with Gasteiger partial charge in [0.05, 0.1) is 16.2 Å². The second-order valence-electron chi connectivity index (χ2n) is 5.39. The lowest BCUT2D eigenvalue weighted by atomic mass is 9.88. The highest BCUT2D eigenvalue weighted by atomic mass is 35.5. The van der Waals surface area contributed by atoms with Crippen LogP contribution >= 0.6 is 22.9 Å². The number of allylic oxidation sites excluding steroid dienone is 4.